The number of H-pyrrole nitrogens is 1. The normalized spacial score (nSPS) is 18.9. The predicted octanol–water partition coefficient (Wildman–Crippen LogP) is 1.39. The van der Waals surface area contributed by atoms with Crippen LogP contribution in [0.1, 0.15) is 18.7 Å². The first-order valence-electron chi connectivity index (χ1n) is 8.08. The van der Waals surface area contributed by atoms with E-state index in [0.29, 0.717) is 30.9 Å². The van der Waals surface area contributed by atoms with Gasteiger partial charge in [-0.3, -0.25) is 9.89 Å². The first-order chi connectivity index (χ1) is 11.8. The van der Waals surface area contributed by atoms with Crippen molar-refractivity contribution in [2.75, 3.05) is 24.7 Å². The predicted molar refractivity (Wildman–Crippen MR) is 94.3 cm³/mol. The van der Waals surface area contributed by atoms with Crippen LogP contribution in [0.25, 0.3) is 11.4 Å². The van der Waals surface area contributed by atoms with Crippen molar-refractivity contribution in [3.63, 3.8) is 0 Å². The number of piperidine rings is 1. The third-order valence-electron chi connectivity index (χ3n) is 4.23. The summed E-state index contributed by atoms with van der Waals surface area (Å²) in [6.45, 7) is 2.54. The summed E-state index contributed by atoms with van der Waals surface area (Å²) in [7, 11) is -3.26. The van der Waals surface area contributed by atoms with E-state index in [0.717, 1.165) is 11.4 Å². The van der Waals surface area contributed by atoms with Gasteiger partial charge in [-0.1, -0.05) is 0 Å². The Morgan fingerprint density at radius 2 is 2.04 bits per heavy atom. The molecule has 0 spiro atoms. The maximum absolute atomic E-state index is 12.4. The average Bonchev–Trinajstić information content (AvgIpc) is 3.01. The Morgan fingerprint density at radius 3 is 2.64 bits per heavy atom. The maximum Gasteiger partial charge on any atom is 0.228 e. The van der Waals surface area contributed by atoms with Gasteiger partial charge in [0.25, 0.3) is 0 Å². The molecule has 2 N–H and O–H groups in total. The minimum atomic E-state index is -3.26. The van der Waals surface area contributed by atoms with E-state index < -0.39 is 10.0 Å². The van der Waals surface area contributed by atoms with Crippen LogP contribution in [-0.2, 0) is 14.8 Å². The number of aryl methyl sites for hydroxylation is 1. The molecular formula is C16H21N5O3S. The summed E-state index contributed by atoms with van der Waals surface area (Å²) >= 11 is 0. The van der Waals surface area contributed by atoms with Gasteiger partial charge in [-0.25, -0.2) is 17.7 Å². The fourth-order valence-electron chi connectivity index (χ4n) is 2.88. The van der Waals surface area contributed by atoms with Crippen LogP contribution in [0.4, 0.5) is 5.69 Å². The molecule has 1 aromatic carbocycles. The minimum Gasteiger partial charge on any atom is -0.326 e. The van der Waals surface area contributed by atoms with Gasteiger partial charge < -0.3 is 5.32 Å². The van der Waals surface area contributed by atoms with E-state index in [-0.39, 0.29) is 18.4 Å². The molecular weight excluding hydrogens is 342 g/mol. The number of nitrogens with zero attached hydrogens (tertiary/aromatic N) is 3. The topological polar surface area (TPSA) is 108 Å². The van der Waals surface area contributed by atoms with Gasteiger partial charge in [-0.15, -0.1) is 0 Å². The highest BCUT2D eigenvalue weighted by Crippen LogP contribution is 2.22. The molecule has 1 atom stereocenters. The van der Waals surface area contributed by atoms with Gasteiger partial charge in [0.1, 0.15) is 5.82 Å². The number of aromatic nitrogens is 3. The van der Waals surface area contributed by atoms with Crippen LogP contribution >= 0.6 is 0 Å². The SMILES string of the molecule is Cc1nc(-c2ccc(NC(=O)C3CCCN(S(C)(=O)=O)C3)cc2)n[nH]1. The van der Waals surface area contributed by atoms with Gasteiger partial charge in [0.05, 0.1) is 12.2 Å². The first-order valence-corrected chi connectivity index (χ1v) is 9.93. The lowest BCUT2D eigenvalue weighted by molar-refractivity contribution is -0.120. The van der Waals surface area contributed by atoms with Crippen molar-refractivity contribution in [1.82, 2.24) is 19.5 Å². The van der Waals surface area contributed by atoms with E-state index in [2.05, 4.69) is 20.5 Å². The highest BCUT2D eigenvalue weighted by molar-refractivity contribution is 7.88. The highest BCUT2D eigenvalue weighted by Gasteiger charge is 2.30. The van der Waals surface area contributed by atoms with Crippen LogP contribution < -0.4 is 5.32 Å². The molecule has 8 nitrogen and oxygen atoms in total. The van der Waals surface area contributed by atoms with Crippen molar-refractivity contribution >= 4 is 21.6 Å². The number of nitrogens with one attached hydrogen (secondary N) is 2. The Balaban J connectivity index is 1.65. The second-order valence-electron chi connectivity index (χ2n) is 6.27. The molecule has 1 saturated heterocycles. The molecule has 2 heterocycles. The number of anilines is 1. The zero-order chi connectivity index (χ0) is 18.0. The summed E-state index contributed by atoms with van der Waals surface area (Å²) in [5.41, 5.74) is 1.51. The Bertz CT molecular complexity index is 860. The summed E-state index contributed by atoms with van der Waals surface area (Å²) in [6.07, 6.45) is 2.55. The molecule has 25 heavy (non-hydrogen) atoms. The van der Waals surface area contributed by atoms with Crippen LogP contribution in [0.2, 0.25) is 0 Å². The van der Waals surface area contributed by atoms with Crippen LogP contribution in [0.5, 0.6) is 0 Å². The van der Waals surface area contributed by atoms with E-state index in [9.17, 15) is 13.2 Å². The summed E-state index contributed by atoms with van der Waals surface area (Å²) in [5, 5.41) is 9.74. The van der Waals surface area contributed by atoms with Gasteiger partial charge in [0.15, 0.2) is 5.82 Å². The number of hydrogen-bond donors (Lipinski definition) is 2. The van der Waals surface area contributed by atoms with Crippen molar-refractivity contribution in [2.24, 2.45) is 5.92 Å². The molecule has 134 valence electrons. The highest BCUT2D eigenvalue weighted by atomic mass is 32.2. The molecule has 3 rings (SSSR count). The van der Waals surface area contributed by atoms with Crippen molar-refractivity contribution in [2.45, 2.75) is 19.8 Å². The van der Waals surface area contributed by atoms with Crippen molar-refractivity contribution in [1.29, 1.82) is 0 Å². The average molecular weight is 363 g/mol. The zero-order valence-corrected chi connectivity index (χ0v) is 15.0. The number of aromatic amines is 1. The third-order valence-corrected chi connectivity index (χ3v) is 5.50. The number of rotatable bonds is 4. The van der Waals surface area contributed by atoms with Crippen LogP contribution in [-0.4, -0.2) is 53.2 Å². The molecule has 0 aliphatic carbocycles. The summed E-state index contributed by atoms with van der Waals surface area (Å²) in [6, 6.07) is 7.25. The first kappa shape index (κ1) is 17.6. The monoisotopic (exact) mass is 363 g/mol. The van der Waals surface area contributed by atoms with Crippen molar-refractivity contribution < 1.29 is 13.2 Å². The van der Waals surface area contributed by atoms with E-state index in [1.54, 1.807) is 12.1 Å². The summed E-state index contributed by atoms with van der Waals surface area (Å²) < 4.78 is 24.7. The maximum atomic E-state index is 12.4. The molecule has 1 aliphatic heterocycles. The molecule has 1 unspecified atom stereocenters. The van der Waals surface area contributed by atoms with E-state index in [1.807, 2.05) is 19.1 Å². The van der Waals surface area contributed by atoms with Crippen molar-refractivity contribution in [3.8, 4) is 11.4 Å². The fourth-order valence-corrected chi connectivity index (χ4v) is 3.79. The standard InChI is InChI=1S/C16H21N5O3S/c1-11-17-15(20-19-11)12-5-7-14(8-6-12)18-16(22)13-4-3-9-21(10-13)25(2,23)24/h5-8,13H,3-4,9-10H2,1-2H3,(H,18,22)(H,17,19,20). The fraction of sp³-hybridized carbons (Fsp3) is 0.438. The largest absolute Gasteiger partial charge is 0.326 e. The van der Waals surface area contributed by atoms with Gasteiger partial charge >= 0.3 is 0 Å². The van der Waals surface area contributed by atoms with Crippen LogP contribution in [0, 0.1) is 12.8 Å². The second-order valence-corrected chi connectivity index (χ2v) is 8.25. The number of sulfonamides is 1. The lowest BCUT2D eigenvalue weighted by atomic mass is 9.98. The van der Waals surface area contributed by atoms with Crippen LogP contribution in [0.15, 0.2) is 24.3 Å². The van der Waals surface area contributed by atoms with Crippen molar-refractivity contribution in [3.05, 3.63) is 30.1 Å². The number of carbonyl (C=O) groups excluding carboxylic acids is 1. The number of hydrogen-bond acceptors (Lipinski definition) is 5. The summed E-state index contributed by atoms with van der Waals surface area (Å²) in [4.78, 5) is 16.7. The van der Waals surface area contributed by atoms with E-state index in [4.69, 9.17) is 0 Å². The Morgan fingerprint density at radius 1 is 1.32 bits per heavy atom. The molecule has 0 bridgehead atoms. The lowest BCUT2D eigenvalue weighted by Crippen LogP contribution is -2.43. The molecule has 0 radical (unpaired) electrons. The zero-order valence-electron chi connectivity index (χ0n) is 14.2. The van der Waals surface area contributed by atoms with Gasteiger partial charge in [-0.05, 0) is 44.0 Å². The number of amides is 1. The molecule has 9 heteroatoms. The summed E-state index contributed by atoms with van der Waals surface area (Å²) in [5.74, 6) is 0.847. The molecule has 1 fully saturated rings. The smallest absolute Gasteiger partial charge is 0.228 e. The molecule has 0 saturated carbocycles. The van der Waals surface area contributed by atoms with Gasteiger partial charge in [0.2, 0.25) is 15.9 Å². The molecule has 1 aliphatic rings. The van der Waals surface area contributed by atoms with E-state index >= 15 is 0 Å². The van der Waals surface area contributed by atoms with E-state index in [1.165, 1.54) is 10.6 Å². The number of carbonyl (C=O) groups is 1. The second kappa shape index (κ2) is 6.93. The Labute approximate surface area is 146 Å². The molecule has 1 aromatic heterocycles. The lowest BCUT2D eigenvalue weighted by Gasteiger charge is -2.30. The van der Waals surface area contributed by atoms with Gasteiger partial charge in [-0.2, -0.15) is 5.10 Å². The van der Waals surface area contributed by atoms with Gasteiger partial charge in [0, 0.05) is 24.3 Å². The Kier molecular flexibility index (Phi) is 4.87. The molecule has 1 amide bonds. The molecule has 2 aromatic rings. The quantitative estimate of drug-likeness (QED) is 0.853. The minimum absolute atomic E-state index is 0.158. The third kappa shape index (κ3) is 4.23. The Hall–Kier alpha value is -2.26. The number of benzene rings is 1. The van der Waals surface area contributed by atoms with Crippen LogP contribution in [0.3, 0.4) is 0 Å².